The largest absolute Gasteiger partial charge is 0.247 e. The molecule has 0 bridgehead atoms. The minimum atomic E-state index is -0.503. The highest BCUT2D eigenvalue weighted by molar-refractivity contribution is 4.87. The molecule has 3 aliphatic rings. The Hall–Kier alpha value is -0.0700. The molecule has 0 N–H and O–H groups in total. The van der Waals surface area contributed by atoms with Crippen LogP contribution in [0.2, 0.25) is 0 Å². The van der Waals surface area contributed by atoms with Crippen molar-refractivity contribution in [1.29, 1.82) is 0 Å². The van der Waals surface area contributed by atoms with Gasteiger partial charge in [0.05, 0.1) is 0 Å². The van der Waals surface area contributed by atoms with Crippen molar-refractivity contribution in [3.05, 3.63) is 0 Å². The van der Waals surface area contributed by atoms with Crippen molar-refractivity contribution in [1.82, 2.24) is 0 Å². The standard InChI is InChI=1S/C20H35F/c1-14-3-5-16(6-4-14)17-7-9-18(10-8-17)20-12-11-19(21)13-15(20)2/h14-20H,3-13H2,1-2H3. The van der Waals surface area contributed by atoms with E-state index in [1.807, 2.05) is 0 Å². The molecule has 21 heavy (non-hydrogen) atoms. The summed E-state index contributed by atoms with van der Waals surface area (Å²) in [5, 5.41) is 0. The Labute approximate surface area is 131 Å². The van der Waals surface area contributed by atoms with Crippen LogP contribution in [0.1, 0.15) is 84.5 Å². The van der Waals surface area contributed by atoms with E-state index in [2.05, 4.69) is 13.8 Å². The third-order valence-corrected chi connectivity index (χ3v) is 7.32. The molecule has 0 nitrogen and oxygen atoms in total. The summed E-state index contributed by atoms with van der Waals surface area (Å²) >= 11 is 0. The van der Waals surface area contributed by atoms with Gasteiger partial charge >= 0.3 is 0 Å². The maximum atomic E-state index is 13.5. The van der Waals surface area contributed by atoms with E-state index in [0.29, 0.717) is 5.92 Å². The van der Waals surface area contributed by atoms with E-state index in [0.717, 1.165) is 42.4 Å². The molecule has 0 heterocycles. The Morgan fingerprint density at radius 1 is 0.619 bits per heavy atom. The first-order valence-corrected chi connectivity index (χ1v) is 9.77. The molecule has 0 aromatic carbocycles. The summed E-state index contributed by atoms with van der Waals surface area (Å²) in [7, 11) is 0. The van der Waals surface area contributed by atoms with Crippen LogP contribution in [0.3, 0.4) is 0 Å². The quantitative estimate of drug-likeness (QED) is 0.553. The second-order valence-corrected chi connectivity index (χ2v) is 8.75. The van der Waals surface area contributed by atoms with E-state index >= 15 is 0 Å². The molecule has 3 aliphatic carbocycles. The van der Waals surface area contributed by atoms with Crippen LogP contribution >= 0.6 is 0 Å². The van der Waals surface area contributed by atoms with Crippen LogP contribution in [0, 0.1) is 35.5 Å². The molecule has 0 amide bonds. The maximum Gasteiger partial charge on any atom is 0.100 e. The van der Waals surface area contributed by atoms with Crippen molar-refractivity contribution < 1.29 is 4.39 Å². The molecule has 122 valence electrons. The van der Waals surface area contributed by atoms with Crippen LogP contribution in [0.5, 0.6) is 0 Å². The molecule has 0 saturated heterocycles. The van der Waals surface area contributed by atoms with Crippen molar-refractivity contribution in [3.63, 3.8) is 0 Å². The second kappa shape index (κ2) is 7.01. The molecule has 0 aromatic heterocycles. The van der Waals surface area contributed by atoms with Gasteiger partial charge in [-0.1, -0.05) is 26.7 Å². The monoisotopic (exact) mass is 294 g/mol. The molecular weight excluding hydrogens is 259 g/mol. The fourth-order valence-electron chi connectivity index (χ4n) is 5.86. The highest BCUT2D eigenvalue weighted by Gasteiger charge is 2.36. The summed E-state index contributed by atoms with van der Waals surface area (Å²) in [6.45, 7) is 4.74. The van der Waals surface area contributed by atoms with Crippen LogP contribution in [-0.4, -0.2) is 6.17 Å². The zero-order valence-electron chi connectivity index (χ0n) is 14.2. The second-order valence-electron chi connectivity index (χ2n) is 8.75. The summed E-state index contributed by atoms with van der Waals surface area (Å²) < 4.78 is 13.5. The molecule has 0 radical (unpaired) electrons. The van der Waals surface area contributed by atoms with Gasteiger partial charge in [-0.3, -0.25) is 0 Å². The molecule has 0 spiro atoms. The molecule has 3 unspecified atom stereocenters. The molecule has 3 saturated carbocycles. The SMILES string of the molecule is CC1CCC(C2CCC(C3CCC(F)CC3C)CC2)CC1. The lowest BCUT2D eigenvalue weighted by Crippen LogP contribution is -2.33. The van der Waals surface area contributed by atoms with Gasteiger partial charge in [-0.2, -0.15) is 0 Å². The van der Waals surface area contributed by atoms with Gasteiger partial charge in [-0.25, -0.2) is 4.39 Å². The summed E-state index contributed by atoms with van der Waals surface area (Å²) in [6.07, 6.45) is 14.1. The number of alkyl halides is 1. The molecule has 0 aromatic rings. The van der Waals surface area contributed by atoms with Gasteiger partial charge < -0.3 is 0 Å². The topological polar surface area (TPSA) is 0 Å². The van der Waals surface area contributed by atoms with Gasteiger partial charge in [0.2, 0.25) is 0 Å². The van der Waals surface area contributed by atoms with Crippen LogP contribution in [0.15, 0.2) is 0 Å². The first-order chi connectivity index (χ1) is 10.1. The van der Waals surface area contributed by atoms with Gasteiger partial charge in [0.25, 0.3) is 0 Å². The predicted octanol–water partition coefficient (Wildman–Crippen LogP) is 6.39. The van der Waals surface area contributed by atoms with Gasteiger partial charge in [0.15, 0.2) is 0 Å². The first kappa shape index (κ1) is 15.8. The van der Waals surface area contributed by atoms with Crippen molar-refractivity contribution in [2.75, 3.05) is 0 Å². The minimum Gasteiger partial charge on any atom is -0.247 e. The maximum absolute atomic E-state index is 13.5. The van der Waals surface area contributed by atoms with Crippen molar-refractivity contribution in [2.45, 2.75) is 90.6 Å². The Bertz CT molecular complexity index is 310. The van der Waals surface area contributed by atoms with E-state index < -0.39 is 6.17 Å². The summed E-state index contributed by atoms with van der Waals surface area (Å²) in [4.78, 5) is 0. The van der Waals surface area contributed by atoms with Crippen molar-refractivity contribution in [2.24, 2.45) is 35.5 Å². The van der Waals surface area contributed by atoms with E-state index in [9.17, 15) is 4.39 Å². The average molecular weight is 294 g/mol. The molecule has 3 rings (SSSR count). The van der Waals surface area contributed by atoms with E-state index in [1.165, 1.54) is 57.8 Å². The zero-order chi connectivity index (χ0) is 14.8. The van der Waals surface area contributed by atoms with Gasteiger partial charge in [-0.05, 0) is 93.3 Å². The fraction of sp³-hybridized carbons (Fsp3) is 1.00. The highest BCUT2D eigenvalue weighted by atomic mass is 19.1. The molecule has 1 heteroatoms. The smallest absolute Gasteiger partial charge is 0.100 e. The van der Waals surface area contributed by atoms with Crippen LogP contribution in [0.4, 0.5) is 4.39 Å². The summed E-state index contributed by atoms with van der Waals surface area (Å²) in [6, 6.07) is 0. The summed E-state index contributed by atoms with van der Waals surface area (Å²) in [5.74, 6) is 5.44. The number of rotatable bonds is 2. The lowest BCUT2D eigenvalue weighted by Gasteiger charge is -2.42. The van der Waals surface area contributed by atoms with E-state index in [4.69, 9.17) is 0 Å². The number of hydrogen-bond donors (Lipinski definition) is 0. The number of hydrogen-bond acceptors (Lipinski definition) is 0. The normalized spacial score (nSPS) is 49.0. The summed E-state index contributed by atoms with van der Waals surface area (Å²) in [5.41, 5.74) is 0. The average Bonchev–Trinajstić information content (AvgIpc) is 2.48. The van der Waals surface area contributed by atoms with Crippen molar-refractivity contribution in [3.8, 4) is 0 Å². The predicted molar refractivity (Wildman–Crippen MR) is 88.0 cm³/mol. The highest BCUT2D eigenvalue weighted by Crippen LogP contribution is 2.46. The third-order valence-electron chi connectivity index (χ3n) is 7.32. The Kier molecular flexibility index (Phi) is 5.27. The minimum absolute atomic E-state index is 0.503. The first-order valence-electron chi connectivity index (χ1n) is 9.77. The lowest BCUT2D eigenvalue weighted by atomic mass is 9.63. The fourth-order valence-corrected chi connectivity index (χ4v) is 5.86. The molecule has 3 fully saturated rings. The zero-order valence-corrected chi connectivity index (χ0v) is 14.2. The molecule has 3 atom stereocenters. The lowest BCUT2D eigenvalue weighted by molar-refractivity contribution is 0.0658. The van der Waals surface area contributed by atoms with Crippen LogP contribution < -0.4 is 0 Å². The van der Waals surface area contributed by atoms with Crippen LogP contribution in [-0.2, 0) is 0 Å². The Balaban J connectivity index is 1.46. The van der Waals surface area contributed by atoms with Gasteiger partial charge in [0.1, 0.15) is 6.17 Å². The molecule has 0 aliphatic heterocycles. The molecular formula is C20H35F. The van der Waals surface area contributed by atoms with Crippen molar-refractivity contribution >= 4 is 0 Å². The van der Waals surface area contributed by atoms with Gasteiger partial charge in [0, 0.05) is 0 Å². The van der Waals surface area contributed by atoms with E-state index in [-0.39, 0.29) is 0 Å². The Morgan fingerprint density at radius 3 is 1.71 bits per heavy atom. The number of halogens is 1. The third kappa shape index (κ3) is 3.82. The Morgan fingerprint density at radius 2 is 1.14 bits per heavy atom. The van der Waals surface area contributed by atoms with E-state index in [1.54, 1.807) is 0 Å². The van der Waals surface area contributed by atoms with Crippen LogP contribution in [0.25, 0.3) is 0 Å². The van der Waals surface area contributed by atoms with Gasteiger partial charge in [-0.15, -0.1) is 0 Å².